The van der Waals surface area contributed by atoms with Crippen molar-refractivity contribution in [2.45, 2.75) is 58.8 Å². The molecule has 3 nitrogen and oxygen atoms in total. The largest absolute Gasteiger partial charge is 0.499 e. The van der Waals surface area contributed by atoms with Gasteiger partial charge in [-0.2, -0.15) is 0 Å². The van der Waals surface area contributed by atoms with Crippen LogP contribution >= 0.6 is 0 Å². The topological polar surface area (TPSA) is 15.7 Å². The standard InChI is InChI=1S/C31H44N2O/c1-5-34-27(3)14-8-6-7-9-18-32-19-12-20-33(22-21-32)28(4)31-17-11-16-30(25-31)24-29-15-10-13-26(2)23-29/h10-11,13,15-17,23,25H,3-9,12,14,18-22,24H2,1-2H3. The van der Waals surface area contributed by atoms with Crippen molar-refractivity contribution in [2.75, 3.05) is 39.3 Å². The van der Waals surface area contributed by atoms with Crippen LogP contribution in [0.2, 0.25) is 0 Å². The van der Waals surface area contributed by atoms with Crippen molar-refractivity contribution < 1.29 is 4.74 Å². The molecule has 1 saturated heterocycles. The van der Waals surface area contributed by atoms with Gasteiger partial charge in [-0.15, -0.1) is 0 Å². The lowest BCUT2D eigenvalue weighted by atomic mass is 10.0. The van der Waals surface area contributed by atoms with Gasteiger partial charge in [0.2, 0.25) is 0 Å². The predicted octanol–water partition coefficient (Wildman–Crippen LogP) is 7.06. The Balaban J connectivity index is 1.42. The highest BCUT2D eigenvalue weighted by molar-refractivity contribution is 5.62. The quantitative estimate of drug-likeness (QED) is 0.235. The molecule has 3 rings (SSSR count). The molecule has 0 amide bonds. The molecule has 0 unspecified atom stereocenters. The molecular weight excluding hydrogens is 416 g/mol. The van der Waals surface area contributed by atoms with E-state index in [1.165, 1.54) is 73.1 Å². The van der Waals surface area contributed by atoms with Crippen LogP contribution in [0.1, 0.15) is 67.7 Å². The molecule has 2 aromatic rings. The summed E-state index contributed by atoms with van der Waals surface area (Å²) in [5.41, 5.74) is 6.47. The Labute approximate surface area is 208 Å². The minimum atomic E-state index is 0.732. The fourth-order valence-electron chi connectivity index (χ4n) is 4.85. The minimum Gasteiger partial charge on any atom is -0.499 e. The molecule has 2 aromatic carbocycles. The third-order valence-electron chi connectivity index (χ3n) is 6.75. The summed E-state index contributed by atoms with van der Waals surface area (Å²) in [6.45, 7) is 19.1. The molecule has 3 heteroatoms. The zero-order valence-electron chi connectivity index (χ0n) is 21.5. The van der Waals surface area contributed by atoms with Gasteiger partial charge in [-0.05, 0) is 75.4 Å². The van der Waals surface area contributed by atoms with Crippen molar-refractivity contribution in [3.63, 3.8) is 0 Å². The maximum absolute atomic E-state index is 5.44. The highest BCUT2D eigenvalue weighted by Crippen LogP contribution is 2.22. The summed E-state index contributed by atoms with van der Waals surface area (Å²) in [7, 11) is 0. The molecule has 0 N–H and O–H groups in total. The molecule has 1 aliphatic heterocycles. The summed E-state index contributed by atoms with van der Waals surface area (Å²) in [5.74, 6) is 0.941. The number of hydrogen-bond acceptors (Lipinski definition) is 3. The van der Waals surface area contributed by atoms with Crippen molar-refractivity contribution in [1.29, 1.82) is 0 Å². The lowest BCUT2D eigenvalue weighted by Gasteiger charge is -2.26. The van der Waals surface area contributed by atoms with Gasteiger partial charge in [-0.3, -0.25) is 0 Å². The average molecular weight is 461 g/mol. The van der Waals surface area contributed by atoms with Crippen molar-refractivity contribution >= 4 is 5.70 Å². The Morgan fingerprint density at radius 3 is 2.44 bits per heavy atom. The second kappa shape index (κ2) is 14.0. The van der Waals surface area contributed by atoms with Gasteiger partial charge < -0.3 is 14.5 Å². The Hall–Kier alpha value is -2.52. The first-order valence-electron chi connectivity index (χ1n) is 13.2. The number of allylic oxidation sites excluding steroid dienone is 1. The van der Waals surface area contributed by atoms with Crippen LogP contribution < -0.4 is 0 Å². The van der Waals surface area contributed by atoms with Crippen LogP contribution in [0.5, 0.6) is 0 Å². The van der Waals surface area contributed by atoms with Crippen molar-refractivity contribution in [2.24, 2.45) is 0 Å². The monoisotopic (exact) mass is 460 g/mol. The number of rotatable bonds is 13. The molecule has 0 radical (unpaired) electrons. The molecule has 1 fully saturated rings. The predicted molar refractivity (Wildman–Crippen MR) is 146 cm³/mol. The lowest BCUT2D eigenvalue weighted by molar-refractivity contribution is 0.217. The Bertz CT molecular complexity index is 919. The van der Waals surface area contributed by atoms with Crippen LogP contribution in [0.4, 0.5) is 0 Å². The summed E-state index contributed by atoms with van der Waals surface area (Å²) in [6, 6.07) is 17.8. The minimum absolute atomic E-state index is 0.732. The summed E-state index contributed by atoms with van der Waals surface area (Å²) < 4.78 is 5.44. The zero-order chi connectivity index (χ0) is 24.2. The van der Waals surface area contributed by atoms with Gasteiger partial charge in [-0.1, -0.05) is 74.0 Å². The molecule has 1 heterocycles. The van der Waals surface area contributed by atoms with Crippen molar-refractivity contribution in [1.82, 2.24) is 9.80 Å². The average Bonchev–Trinajstić information content (AvgIpc) is 3.07. The number of unbranched alkanes of at least 4 members (excludes halogenated alkanes) is 3. The highest BCUT2D eigenvalue weighted by Gasteiger charge is 2.16. The summed E-state index contributed by atoms with van der Waals surface area (Å²) in [4.78, 5) is 5.13. The van der Waals surface area contributed by atoms with E-state index in [2.05, 4.69) is 78.4 Å². The van der Waals surface area contributed by atoms with E-state index in [9.17, 15) is 0 Å². The van der Waals surface area contributed by atoms with Crippen molar-refractivity contribution in [3.8, 4) is 0 Å². The molecule has 0 saturated carbocycles. The van der Waals surface area contributed by atoms with Crippen LogP contribution in [0.25, 0.3) is 5.70 Å². The Morgan fingerprint density at radius 1 is 0.882 bits per heavy atom. The van der Waals surface area contributed by atoms with Gasteiger partial charge in [0.15, 0.2) is 0 Å². The van der Waals surface area contributed by atoms with Crippen LogP contribution in [0.15, 0.2) is 67.4 Å². The van der Waals surface area contributed by atoms with E-state index in [-0.39, 0.29) is 0 Å². The highest BCUT2D eigenvalue weighted by atomic mass is 16.5. The van der Waals surface area contributed by atoms with Crippen molar-refractivity contribution in [3.05, 3.63) is 89.7 Å². The molecule has 34 heavy (non-hydrogen) atoms. The molecule has 1 aliphatic rings. The number of ether oxygens (including phenoxy) is 1. The van der Waals surface area contributed by atoms with E-state index in [4.69, 9.17) is 4.74 Å². The van der Waals surface area contributed by atoms with Crippen LogP contribution in [0.3, 0.4) is 0 Å². The molecule has 0 aliphatic carbocycles. The summed E-state index contributed by atoms with van der Waals surface area (Å²) >= 11 is 0. The third-order valence-corrected chi connectivity index (χ3v) is 6.75. The van der Waals surface area contributed by atoms with Crippen LogP contribution in [-0.4, -0.2) is 49.1 Å². The number of hydrogen-bond donors (Lipinski definition) is 0. The molecule has 0 bridgehead atoms. The fourth-order valence-corrected chi connectivity index (χ4v) is 4.85. The maximum atomic E-state index is 5.44. The van der Waals surface area contributed by atoms with E-state index >= 15 is 0 Å². The fraction of sp³-hybridized carbons (Fsp3) is 0.484. The third kappa shape index (κ3) is 8.68. The summed E-state index contributed by atoms with van der Waals surface area (Å²) in [6.07, 6.45) is 8.20. The van der Waals surface area contributed by atoms with Gasteiger partial charge in [0.1, 0.15) is 0 Å². The van der Waals surface area contributed by atoms with E-state index in [0.29, 0.717) is 0 Å². The van der Waals surface area contributed by atoms with Gasteiger partial charge >= 0.3 is 0 Å². The normalized spacial score (nSPS) is 14.6. The van der Waals surface area contributed by atoms with Gasteiger partial charge in [0.05, 0.1) is 12.4 Å². The lowest BCUT2D eigenvalue weighted by Crippen LogP contribution is -2.30. The smallest absolute Gasteiger partial charge is 0.0888 e. The first-order valence-corrected chi connectivity index (χ1v) is 13.2. The van der Waals surface area contributed by atoms with E-state index in [0.717, 1.165) is 44.8 Å². The van der Waals surface area contributed by atoms with E-state index < -0.39 is 0 Å². The van der Waals surface area contributed by atoms with Gasteiger partial charge in [-0.25, -0.2) is 0 Å². The van der Waals surface area contributed by atoms with Gasteiger partial charge in [0.25, 0.3) is 0 Å². The number of benzene rings is 2. The molecule has 0 aromatic heterocycles. The first-order chi connectivity index (χ1) is 16.5. The Kier molecular flexibility index (Phi) is 10.8. The van der Waals surface area contributed by atoms with Crippen LogP contribution in [0, 0.1) is 6.92 Å². The summed E-state index contributed by atoms with van der Waals surface area (Å²) in [5, 5.41) is 0. The van der Waals surface area contributed by atoms with E-state index in [1.54, 1.807) is 0 Å². The first kappa shape index (κ1) is 26.1. The second-order valence-electron chi connectivity index (χ2n) is 9.63. The van der Waals surface area contributed by atoms with Gasteiger partial charge in [0, 0.05) is 31.8 Å². The molecule has 184 valence electrons. The van der Waals surface area contributed by atoms with Crippen LogP contribution in [-0.2, 0) is 11.2 Å². The SMILES string of the molecule is C=C(CCCCCCN1CCCN(C(=C)c2cccc(Cc3cccc(C)c3)c2)CC1)OCC. The molecule has 0 atom stereocenters. The zero-order valence-corrected chi connectivity index (χ0v) is 21.5. The van der Waals surface area contributed by atoms with E-state index in [1.807, 2.05) is 6.92 Å². The molecular formula is C31H44N2O. The number of aryl methyl sites for hydroxylation is 1. The maximum Gasteiger partial charge on any atom is 0.0888 e. The number of nitrogens with zero attached hydrogens (tertiary/aromatic N) is 2. The molecule has 0 spiro atoms. The second-order valence-corrected chi connectivity index (χ2v) is 9.63. The Morgan fingerprint density at radius 2 is 1.65 bits per heavy atom.